The van der Waals surface area contributed by atoms with Gasteiger partial charge in [0.05, 0.1) is 12.2 Å². The zero-order valence-electron chi connectivity index (χ0n) is 14.7. The number of halogens is 1. The van der Waals surface area contributed by atoms with E-state index in [9.17, 15) is 9.59 Å². The molecule has 0 saturated carbocycles. The van der Waals surface area contributed by atoms with Crippen LogP contribution in [-0.2, 0) is 9.53 Å². The molecule has 0 heterocycles. The van der Waals surface area contributed by atoms with Crippen molar-refractivity contribution in [2.24, 2.45) is 0 Å². The molecule has 2 rings (SSSR count). The van der Waals surface area contributed by atoms with Crippen LogP contribution < -0.4 is 10.6 Å². The number of esters is 1. The molecule has 7 heteroatoms. The van der Waals surface area contributed by atoms with Crippen molar-refractivity contribution in [1.82, 2.24) is 5.32 Å². The standard InChI is InChI=1S/C20H19ClN2O3S/c1-2-13-26-19(25)15-6-10-17(11-7-15)22-20(27)23-18(24)12-5-14-3-8-16(21)9-4-14/h3-12H,2,13H2,1H3,(H2,22,23,24,27)/b12-5+. The van der Waals surface area contributed by atoms with Crippen molar-refractivity contribution in [3.8, 4) is 0 Å². The molecular formula is C20H19ClN2O3S. The maximum atomic E-state index is 11.9. The molecule has 0 spiro atoms. The fourth-order valence-electron chi connectivity index (χ4n) is 2.03. The molecule has 1 amide bonds. The van der Waals surface area contributed by atoms with Gasteiger partial charge in [0.15, 0.2) is 5.11 Å². The first-order chi connectivity index (χ1) is 13.0. The highest BCUT2D eigenvalue weighted by Gasteiger charge is 2.07. The van der Waals surface area contributed by atoms with Gasteiger partial charge in [0, 0.05) is 16.8 Å². The molecule has 0 saturated heterocycles. The molecule has 5 nitrogen and oxygen atoms in total. The SMILES string of the molecule is CCCOC(=O)c1ccc(NC(=S)NC(=O)/C=C/c2ccc(Cl)cc2)cc1. The third-order valence-corrected chi connectivity index (χ3v) is 3.81. The quantitative estimate of drug-likeness (QED) is 0.425. The Labute approximate surface area is 168 Å². The third-order valence-electron chi connectivity index (χ3n) is 3.35. The summed E-state index contributed by atoms with van der Waals surface area (Å²) in [6.45, 7) is 2.32. The lowest BCUT2D eigenvalue weighted by atomic mass is 10.2. The minimum Gasteiger partial charge on any atom is -0.462 e. The lowest BCUT2D eigenvalue weighted by Gasteiger charge is -2.09. The molecular weight excluding hydrogens is 384 g/mol. The lowest BCUT2D eigenvalue weighted by Crippen LogP contribution is -2.32. The Bertz CT molecular complexity index is 833. The lowest BCUT2D eigenvalue weighted by molar-refractivity contribution is -0.115. The number of thiocarbonyl (C=S) groups is 1. The average molecular weight is 403 g/mol. The number of hydrogen-bond acceptors (Lipinski definition) is 4. The van der Waals surface area contributed by atoms with E-state index in [1.54, 1.807) is 54.6 Å². The maximum Gasteiger partial charge on any atom is 0.338 e. The number of carbonyl (C=O) groups excluding carboxylic acids is 2. The van der Waals surface area contributed by atoms with Gasteiger partial charge in [-0.2, -0.15) is 0 Å². The molecule has 140 valence electrons. The van der Waals surface area contributed by atoms with E-state index in [1.165, 1.54) is 6.08 Å². The summed E-state index contributed by atoms with van der Waals surface area (Å²) in [5.41, 5.74) is 1.95. The van der Waals surface area contributed by atoms with Gasteiger partial charge in [0.2, 0.25) is 5.91 Å². The highest BCUT2D eigenvalue weighted by molar-refractivity contribution is 7.80. The molecule has 0 aliphatic carbocycles. The van der Waals surface area contributed by atoms with Crippen molar-refractivity contribution in [2.45, 2.75) is 13.3 Å². The Hall–Kier alpha value is -2.70. The predicted octanol–water partition coefficient (Wildman–Crippen LogP) is 4.43. The Morgan fingerprint density at radius 3 is 2.41 bits per heavy atom. The first-order valence-corrected chi connectivity index (χ1v) is 9.09. The molecule has 0 aliphatic rings. The van der Waals surface area contributed by atoms with Crippen molar-refractivity contribution >= 4 is 52.6 Å². The summed E-state index contributed by atoms with van der Waals surface area (Å²) in [6, 6.07) is 13.7. The second kappa shape index (κ2) is 10.4. The van der Waals surface area contributed by atoms with Crippen LogP contribution in [0, 0.1) is 0 Å². The molecule has 0 radical (unpaired) electrons. The highest BCUT2D eigenvalue weighted by atomic mass is 35.5. The Balaban J connectivity index is 1.84. The molecule has 0 fully saturated rings. The van der Waals surface area contributed by atoms with E-state index in [0.717, 1.165) is 12.0 Å². The van der Waals surface area contributed by atoms with Gasteiger partial charge in [-0.1, -0.05) is 30.7 Å². The van der Waals surface area contributed by atoms with Crippen LogP contribution >= 0.6 is 23.8 Å². The summed E-state index contributed by atoms with van der Waals surface area (Å²) in [5.74, 6) is -0.728. The highest BCUT2D eigenvalue weighted by Crippen LogP contribution is 2.11. The third kappa shape index (κ3) is 7.21. The molecule has 0 aromatic heterocycles. The van der Waals surface area contributed by atoms with Crippen molar-refractivity contribution in [2.75, 3.05) is 11.9 Å². The fourth-order valence-corrected chi connectivity index (χ4v) is 2.37. The first-order valence-electron chi connectivity index (χ1n) is 8.30. The molecule has 0 aliphatic heterocycles. The number of amides is 1. The molecule has 2 aromatic rings. The van der Waals surface area contributed by atoms with Crippen LogP contribution in [0.5, 0.6) is 0 Å². The van der Waals surface area contributed by atoms with E-state index >= 15 is 0 Å². The Kier molecular flexibility index (Phi) is 7.98. The van der Waals surface area contributed by atoms with Gasteiger partial charge in [-0.3, -0.25) is 10.1 Å². The van der Waals surface area contributed by atoms with Gasteiger partial charge >= 0.3 is 5.97 Å². The van der Waals surface area contributed by atoms with Crippen LogP contribution in [0.2, 0.25) is 5.02 Å². The van der Waals surface area contributed by atoms with Gasteiger partial charge in [-0.15, -0.1) is 0 Å². The Morgan fingerprint density at radius 2 is 1.78 bits per heavy atom. The van der Waals surface area contributed by atoms with E-state index in [0.29, 0.717) is 22.9 Å². The largest absolute Gasteiger partial charge is 0.462 e. The molecule has 2 N–H and O–H groups in total. The van der Waals surface area contributed by atoms with Gasteiger partial charge in [-0.25, -0.2) is 4.79 Å². The number of hydrogen-bond donors (Lipinski definition) is 2. The van der Waals surface area contributed by atoms with Crippen molar-refractivity contribution in [3.05, 3.63) is 70.8 Å². The van der Waals surface area contributed by atoms with Gasteiger partial charge < -0.3 is 10.1 Å². The van der Waals surface area contributed by atoms with E-state index in [-0.39, 0.29) is 17.0 Å². The number of ether oxygens (including phenoxy) is 1. The first kappa shape index (κ1) is 20.6. The van der Waals surface area contributed by atoms with E-state index < -0.39 is 0 Å². The van der Waals surface area contributed by atoms with E-state index in [2.05, 4.69) is 10.6 Å². The van der Waals surface area contributed by atoms with E-state index in [1.807, 2.05) is 6.92 Å². The van der Waals surface area contributed by atoms with Crippen LogP contribution in [0.3, 0.4) is 0 Å². The smallest absolute Gasteiger partial charge is 0.338 e. The zero-order chi connectivity index (χ0) is 19.6. The maximum absolute atomic E-state index is 11.9. The van der Waals surface area contributed by atoms with Crippen LogP contribution in [-0.4, -0.2) is 23.6 Å². The van der Waals surface area contributed by atoms with Crippen molar-refractivity contribution in [3.63, 3.8) is 0 Å². The average Bonchev–Trinajstić information content (AvgIpc) is 2.66. The summed E-state index contributed by atoms with van der Waals surface area (Å²) >= 11 is 10.9. The predicted molar refractivity (Wildman–Crippen MR) is 112 cm³/mol. The molecule has 2 aromatic carbocycles. The summed E-state index contributed by atoms with van der Waals surface area (Å²) in [5, 5.41) is 6.22. The number of nitrogens with one attached hydrogen (secondary N) is 2. The van der Waals surface area contributed by atoms with Crippen LogP contribution in [0.25, 0.3) is 6.08 Å². The second-order valence-electron chi connectivity index (χ2n) is 5.54. The van der Waals surface area contributed by atoms with Crippen molar-refractivity contribution in [1.29, 1.82) is 0 Å². The minimum atomic E-state index is -0.369. The van der Waals surface area contributed by atoms with Crippen molar-refractivity contribution < 1.29 is 14.3 Å². The van der Waals surface area contributed by atoms with Crippen LogP contribution in [0.4, 0.5) is 5.69 Å². The number of rotatable bonds is 6. The molecule has 27 heavy (non-hydrogen) atoms. The molecule has 0 unspecified atom stereocenters. The summed E-state index contributed by atoms with van der Waals surface area (Å²) in [6.07, 6.45) is 3.81. The molecule has 0 atom stereocenters. The second-order valence-corrected chi connectivity index (χ2v) is 6.39. The number of benzene rings is 2. The van der Waals surface area contributed by atoms with Gasteiger partial charge in [0.1, 0.15) is 0 Å². The van der Waals surface area contributed by atoms with E-state index in [4.69, 9.17) is 28.6 Å². The van der Waals surface area contributed by atoms with Gasteiger partial charge in [0.25, 0.3) is 0 Å². The normalized spacial score (nSPS) is 10.4. The summed E-state index contributed by atoms with van der Waals surface area (Å²) in [7, 11) is 0. The fraction of sp³-hybridized carbons (Fsp3) is 0.150. The topological polar surface area (TPSA) is 67.4 Å². The molecule has 0 bridgehead atoms. The van der Waals surface area contributed by atoms with Gasteiger partial charge in [-0.05, 0) is 66.7 Å². The zero-order valence-corrected chi connectivity index (χ0v) is 16.3. The number of anilines is 1. The number of carbonyl (C=O) groups is 2. The Morgan fingerprint density at radius 1 is 1.11 bits per heavy atom. The van der Waals surface area contributed by atoms with Crippen LogP contribution in [0.1, 0.15) is 29.3 Å². The monoisotopic (exact) mass is 402 g/mol. The minimum absolute atomic E-state index is 0.155. The van der Waals surface area contributed by atoms with Crippen LogP contribution in [0.15, 0.2) is 54.6 Å². The summed E-state index contributed by atoms with van der Waals surface area (Å²) < 4.78 is 5.06. The summed E-state index contributed by atoms with van der Waals surface area (Å²) in [4.78, 5) is 23.7.